The fraction of sp³-hybridized carbons (Fsp3) is 0.923. The summed E-state index contributed by atoms with van der Waals surface area (Å²) in [4.78, 5) is 13.5. The Hall–Kier alpha value is -0.460. The molecular formula is C13H25N3O2S. The first-order valence-corrected chi connectivity index (χ1v) is 8.70. The van der Waals surface area contributed by atoms with Gasteiger partial charge in [0.1, 0.15) is 0 Å². The third-order valence-corrected chi connectivity index (χ3v) is 5.48. The second kappa shape index (κ2) is 7.36. The molecule has 0 radical (unpaired) electrons. The van der Waals surface area contributed by atoms with E-state index in [1.54, 1.807) is 7.05 Å². The average Bonchev–Trinajstić information content (AvgIpc) is 2.43. The molecule has 0 spiro atoms. The molecule has 2 aliphatic rings. The molecule has 19 heavy (non-hydrogen) atoms. The van der Waals surface area contributed by atoms with Gasteiger partial charge >= 0.3 is 0 Å². The maximum absolute atomic E-state index is 11.3. The fourth-order valence-corrected chi connectivity index (χ4v) is 4.13. The van der Waals surface area contributed by atoms with Crippen LogP contribution in [-0.2, 0) is 15.6 Å². The first-order valence-electron chi connectivity index (χ1n) is 7.21. The first kappa shape index (κ1) is 14.9. The number of carbonyl (C=O) groups excluding carboxylic acids is 1. The quantitative estimate of drug-likeness (QED) is 0.745. The highest BCUT2D eigenvalue weighted by atomic mass is 32.2. The van der Waals surface area contributed by atoms with Gasteiger partial charge in [-0.1, -0.05) is 0 Å². The van der Waals surface area contributed by atoms with Crippen LogP contribution in [0.3, 0.4) is 0 Å². The van der Waals surface area contributed by atoms with Crippen molar-refractivity contribution in [3.63, 3.8) is 0 Å². The van der Waals surface area contributed by atoms with Crippen molar-refractivity contribution >= 4 is 16.7 Å². The second-order valence-corrected chi connectivity index (χ2v) is 7.21. The zero-order valence-corrected chi connectivity index (χ0v) is 12.5. The summed E-state index contributed by atoms with van der Waals surface area (Å²) in [5, 5.41) is 6.37. The molecule has 0 saturated carbocycles. The molecule has 1 amide bonds. The first-order chi connectivity index (χ1) is 9.17. The van der Waals surface area contributed by atoms with Crippen LogP contribution in [0.15, 0.2) is 0 Å². The van der Waals surface area contributed by atoms with Crippen molar-refractivity contribution in [3.05, 3.63) is 0 Å². The van der Waals surface area contributed by atoms with Crippen molar-refractivity contribution in [1.82, 2.24) is 15.5 Å². The molecule has 0 unspecified atom stereocenters. The second-order valence-electron chi connectivity index (χ2n) is 5.51. The van der Waals surface area contributed by atoms with E-state index in [0.29, 0.717) is 18.6 Å². The minimum atomic E-state index is -0.574. The summed E-state index contributed by atoms with van der Waals surface area (Å²) < 4.78 is 11.3. The van der Waals surface area contributed by atoms with Crippen LogP contribution in [0.25, 0.3) is 0 Å². The van der Waals surface area contributed by atoms with Crippen molar-refractivity contribution in [2.75, 3.05) is 38.2 Å². The number of rotatable bonds is 4. The van der Waals surface area contributed by atoms with Crippen molar-refractivity contribution in [3.8, 4) is 0 Å². The number of hydrogen-bond acceptors (Lipinski definition) is 4. The molecule has 2 fully saturated rings. The van der Waals surface area contributed by atoms with E-state index >= 15 is 0 Å². The molecule has 2 rings (SSSR count). The minimum Gasteiger partial charge on any atom is -0.358 e. The van der Waals surface area contributed by atoms with Crippen LogP contribution in [-0.4, -0.2) is 65.3 Å². The monoisotopic (exact) mass is 287 g/mol. The molecule has 2 aliphatic heterocycles. The lowest BCUT2D eigenvalue weighted by molar-refractivity contribution is -0.122. The summed E-state index contributed by atoms with van der Waals surface area (Å²) in [6.07, 6.45) is 4.31. The van der Waals surface area contributed by atoms with Gasteiger partial charge in [0.05, 0.1) is 6.54 Å². The summed E-state index contributed by atoms with van der Waals surface area (Å²) in [6, 6.07) is 1.12. The summed E-state index contributed by atoms with van der Waals surface area (Å²) in [6.45, 7) is 2.50. The lowest BCUT2D eigenvalue weighted by Gasteiger charge is -2.35. The largest absolute Gasteiger partial charge is 0.358 e. The number of likely N-dealkylation sites (tertiary alicyclic amines) is 1. The lowest BCUT2D eigenvalue weighted by atomic mass is 10.0. The molecule has 110 valence electrons. The molecule has 5 nitrogen and oxygen atoms in total. The molecule has 0 aromatic heterocycles. The van der Waals surface area contributed by atoms with Gasteiger partial charge in [0, 0.05) is 54.5 Å². The van der Waals surface area contributed by atoms with Gasteiger partial charge in [-0.05, 0) is 25.7 Å². The van der Waals surface area contributed by atoms with E-state index in [2.05, 4.69) is 15.5 Å². The summed E-state index contributed by atoms with van der Waals surface area (Å²) >= 11 is 0. The Bertz CT molecular complexity index is 320. The Morgan fingerprint density at radius 3 is 2.32 bits per heavy atom. The van der Waals surface area contributed by atoms with E-state index in [1.807, 2.05) is 0 Å². The van der Waals surface area contributed by atoms with Crippen molar-refractivity contribution < 1.29 is 9.00 Å². The number of amides is 1. The van der Waals surface area contributed by atoms with Gasteiger partial charge in [-0.25, -0.2) is 0 Å². The smallest absolute Gasteiger partial charge is 0.233 e. The molecule has 0 atom stereocenters. The molecule has 0 aromatic carbocycles. The Balaban J connectivity index is 1.66. The van der Waals surface area contributed by atoms with Crippen LogP contribution in [0.5, 0.6) is 0 Å². The summed E-state index contributed by atoms with van der Waals surface area (Å²) in [7, 11) is 1.11. The third-order valence-electron chi connectivity index (χ3n) is 4.09. The molecule has 2 heterocycles. The van der Waals surface area contributed by atoms with Gasteiger partial charge in [0.25, 0.3) is 0 Å². The molecule has 0 aromatic rings. The molecular weight excluding hydrogens is 262 g/mol. The van der Waals surface area contributed by atoms with Crippen LogP contribution in [0.2, 0.25) is 0 Å². The van der Waals surface area contributed by atoms with E-state index < -0.39 is 10.8 Å². The standard InChI is InChI=1S/C13H25N3O2S/c1-14-13(17)10-16-6-2-11(3-7-16)15-12-4-8-19(18)9-5-12/h11-12,15H,2-10H2,1H3,(H,14,17). The maximum Gasteiger partial charge on any atom is 0.233 e. The van der Waals surface area contributed by atoms with E-state index in [1.165, 1.54) is 0 Å². The molecule has 0 aliphatic carbocycles. The topological polar surface area (TPSA) is 61.4 Å². The van der Waals surface area contributed by atoms with E-state index in [0.717, 1.165) is 50.3 Å². The minimum absolute atomic E-state index is 0.0983. The Kier molecular flexibility index (Phi) is 5.78. The Morgan fingerprint density at radius 2 is 1.74 bits per heavy atom. The third kappa shape index (κ3) is 4.85. The lowest BCUT2D eigenvalue weighted by Crippen LogP contribution is -2.49. The average molecular weight is 287 g/mol. The number of carbonyl (C=O) groups is 1. The van der Waals surface area contributed by atoms with Crippen molar-refractivity contribution in [2.45, 2.75) is 37.8 Å². The maximum atomic E-state index is 11.3. The van der Waals surface area contributed by atoms with Gasteiger partial charge in [-0.3, -0.25) is 13.9 Å². The normalized spacial score (nSPS) is 30.2. The van der Waals surface area contributed by atoms with Crippen molar-refractivity contribution in [2.24, 2.45) is 0 Å². The summed E-state index contributed by atoms with van der Waals surface area (Å²) in [5.74, 6) is 1.81. The van der Waals surface area contributed by atoms with Crippen LogP contribution in [0, 0.1) is 0 Å². The molecule has 2 saturated heterocycles. The Morgan fingerprint density at radius 1 is 1.16 bits per heavy atom. The van der Waals surface area contributed by atoms with E-state index in [-0.39, 0.29) is 5.91 Å². The highest BCUT2D eigenvalue weighted by molar-refractivity contribution is 7.85. The Labute approximate surface area is 118 Å². The van der Waals surface area contributed by atoms with Gasteiger partial charge in [-0.15, -0.1) is 0 Å². The van der Waals surface area contributed by atoms with Crippen LogP contribution >= 0.6 is 0 Å². The zero-order valence-electron chi connectivity index (χ0n) is 11.7. The zero-order chi connectivity index (χ0) is 13.7. The predicted molar refractivity (Wildman–Crippen MR) is 77.6 cm³/mol. The number of piperidine rings is 1. The molecule has 0 bridgehead atoms. The molecule has 6 heteroatoms. The van der Waals surface area contributed by atoms with Crippen LogP contribution in [0.1, 0.15) is 25.7 Å². The van der Waals surface area contributed by atoms with Gasteiger partial charge in [0.15, 0.2) is 0 Å². The predicted octanol–water partition coefficient (Wildman–Crippen LogP) is -0.302. The summed E-state index contributed by atoms with van der Waals surface area (Å²) in [5.41, 5.74) is 0. The SMILES string of the molecule is CNC(=O)CN1CCC(NC2CCS(=O)CC2)CC1. The fourth-order valence-electron chi connectivity index (χ4n) is 2.83. The van der Waals surface area contributed by atoms with Gasteiger partial charge < -0.3 is 10.6 Å². The highest BCUT2D eigenvalue weighted by Crippen LogP contribution is 2.15. The highest BCUT2D eigenvalue weighted by Gasteiger charge is 2.24. The molecule has 2 N–H and O–H groups in total. The van der Waals surface area contributed by atoms with Crippen LogP contribution < -0.4 is 10.6 Å². The van der Waals surface area contributed by atoms with Gasteiger partial charge in [-0.2, -0.15) is 0 Å². The van der Waals surface area contributed by atoms with E-state index in [9.17, 15) is 9.00 Å². The number of hydrogen-bond donors (Lipinski definition) is 2. The van der Waals surface area contributed by atoms with Crippen molar-refractivity contribution in [1.29, 1.82) is 0 Å². The number of nitrogens with zero attached hydrogens (tertiary/aromatic N) is 1. The van der Waals surface area contributed by atoms with Crippen LogP contribution in [0.4, 0.5) is 0 Å². The van der Waals surface area contributed by atoms with E-state index in [4.69, 9.17) is 0 Å². The number of likely N-dealkylation sites (N-methyl/N-ethyl adjacent to an activating group) is 1. The number of nitrogens with one attached hydrogen (secondary N) is 2. The van der Waals surface area contributed by atoms with Gasteiger partial charge in [0.2, 0.25) is 5.91 Å².